The summed E-state index contributed by atoms with van der Waals surface area (Å²) in [7, 11) is -1.44. The van der Waals surface area contributed by atoms with Crippen molar-refractivity contribution in [2.24, 2.45) is 4.99 Å². The van der Waals surface area contributed by atoms with Gasteiger partial charge in [-0.1, -0.05) is 12.1 Å². The molecule has 156 valence electrons. The molecule has 1 rings (SSSR count). The van der Waals surface area contributed by atoms with Crippen molar-refractivity contribution in [3.05, 3.63) is 29.3 Å². The first-order chi connectivity index (χ1) is 12.1. The van der Waals surface area contributed by atoms with E-state index in [0.29, 0.717) is 23.5 Å². The maximum atomic E-state index is 11.7. The number of sulfone groups is 1. The summed E-state index contributed by atoms with van der Waals surface area (Å²) in [5.41, 5.74) is 1.78. The molecule has 0 aliphatic heterocycles. The smallest absolute Gasteiger partial charge is 0.191 e. The topological polar surface area (TPSA) is 73.8 Å². The van der Waals surface area contributed by atoms with Crippen LogP contribution >= 0.6 is 24.0 Å². The number of hydrogen-bond donors (Lipinski definition) is 2. The highest BCUT2D eigenvalue weighted by molar-refractivity contribution is 14.0. The number of aliphatic imine (C=N–C) groups is 1. The molecule has 0 saturated carbocycles. The van der Waals surface area contributed by atoms with Gasteiger partial charge in [-0.25, -0.2) is 8.42 Å². The summed E-state index contributed by atoms with van der Waals surface area (Å²) in [5.74, 6) is 0.738. The third kappa shape index (κ3) is 8.78. The van der Waals surface area contributed by atoms with E-state index >= 15 is 0 Å². The van der Waals surface area contributed by atoms with Crippen molar-refractivity contribution in [1.82, 2.24) is 15.5 Å². The molecule has 0 aromatic heterocycles. The van der Waals surface area contributed by atoms with Gasteiger partial charge in [-0.15, -0.1) is 24.0 Å². The summed E-state index contributed by atoms with van der Waals surface area (Å²) in [4.78, 5) is 7.05. The number of rotatable bonds is 8. The van der Waals surface area contributed by atoms with Gasteiger partial charge in [0.05, 0.1) is 4.90 Å². The molecule has 0 unspecified atom stereocenters. The largest absolute Gasteiger partial charge is 0.355 e. The maximum absolute atomic E-state index is 11.7. The average Bonchev–Trinajstić information content (AvgIpc) is 2.52. The summed E-state index contributed by atoms with van der Waals surface area (Å²) in [6.45, 7) is 13.0. The second-order valence-electron chi connectivity index (χ2n) is 7.15. The van der Waals surface area contributed by atoms with Crippen LogP contribution in [0, 0.1) is 6.92 Å². The summed E-state index contributed by atoms with van der Waals surface area (Å²) in [5, 5.41) is 6.61. The molecule has 0 radical (unpaired) electrons. The Balaban J connectivity index is 0.00000676. The van der Waals surface area contributed by atoms with Crippen LogP contribution in [0.15, 0.2) is 28.1 Å². The van der Waals surface area contributed by atoms with E-state index in [1.165, 1.54) is 6.26 Å². The van der Waals surface area contributed by atoms with Crippen molar-refractivity contribution in [1.29, 1.82) is 0 Å². The molecule has 2 N–H and O–H groups in total. The van der Waals surface area contributed by atoms with Gasteiger partial charge in [0.2, 0.25) is 0 Å². The molecule has 0 heterocycles. The quantitative estimate of drug-likeness (QED) is 0.320. The van der Waals surface area contributed by atoms with Crippen LogP contribution in [0.25, 0.3) is 0 Å². The lowest BCUT2D eigenvalue weighted by Gasteiger charge is -2.30. The van der Waals surface area contributed by atoms with Crippen LogP contribution in [0.5, 0.6) is 0 Å². The van der Waals surface area contributed by atoms with E-state index in [4.69, 9.17) is 0 Å². The molecular formula is C19H35IN4O2S. The van der Waals surface area contributed by atoms with Crippen LogP contribution in [0.2, 0.25) is 0 Å². The summed E-state index contributed by atoms with van der Waals surface area (Å²) < 4.78 is 23.4. The number of nitrogens with zero attached hydrogens (tertiary/aromatic N) is 2. The molecule has 0 atom stereocenters. The molecule has 0 spiro atoms. The van der Waals surface area contributed by atoms with Crippen LogP contribution < -0.4 is 10.6 Å². The first kappa shape index (κ1) is 26.1. The second-order valence-corrected chi connectivity index (χ2v) is 9.13. The van der Waals surface area contributed by atoms with Crippen LogP contribution in [0.1, 0.15) is 38.8 Å². The van der Waals surface area contributed by atoms with Crippen LogP contribution in [0.3, 0.4) is 0 Å². The monoisotopic (exact) mass is 510 g/mol. The average molecular weight is 510 g/mol. The van der Waals surface area contributed by atoms with Crippen molar-refractivity contribution in [3.8, 4) is 0 Å². The molecule has 0 amide bonds. The predicted molar refractivity (Wildman–Crippen MR) is 125 cm³/mol. The minimum atomic E-state index is -3.18. The first-order valence-corrected chi connectivity index (χ1v) is 10.9. The molecule has 27 heavy (non-hydrogen) atoms. The Morgan fingerprint density at radius 2 is 1.74 bits per heavy atom. The van der Waals surface area contributed by atoms with Gasteiger partial charge < -0.3 is 10.6 Å². The zero-order valence-electron chi connectivity index (χ0n) is 17.5. The molecule has 1 aromatic rings. The number of guanidine groups is 1. The fourth-order valence-corrected chi connectivity index (χ4v) is 4.02. The molecule has 1 aromatic carbocycles. The fraction of sp³-hybridized carbons (Fsp3) is 0.632. The van der Waals surface area contributed by atoms with Gasteiger partial charge in [-0.3, -0.25) is 9.89 Å². The van der Waals surface area contributed by atoms with E-state index in [1.54, 1.807) is 13.1 Å². The minimum absolute atomic E-state index is 0. The Morgan fingerprint density at radius 1 is 1.15 bits per heavy atom. The van der Waals surface area contributed by atoms with E-state index in [-0.39, 0.29) is 24.0 Å². The summed E-state index contributed by atoms with van der Waals surface area (Å²) >= 11 is 0. The van der Waals surface area contributed by atoms with Crippen LogP contribution in [0.4, 0.5) is 0 Å². The van der Waals surface area contributed by atoms with Gasteiger partial charge in [-0.2, -0.15) is 0 Å². The third-order valence-corrected chi connectivity index (χ3v) is 5.57. The maximum Gasteiger partial charge on any atom is 0.191 e. The Hall–Kier alpha value is -0.870. The lowest BCUT2D eigenvalue weighted by Crippen LogP contribution is -2.45. The second kappa shape index (κ2) is 11.9. The summed E-state index contributed by atoms with van der Waals surface area (Å²) in [6.07, 6.45) is 1.23. The van der Waals surface area contributed by atoms with Gasteiger partial charge in [-0.05, 0) is 51.8 Å². The third-order valence-electron chi connectivity index (χ3n) is 4.31. The van der Waals surface area contributed by atoms with Gasteiger partial charge >= 0.3 is 0 Å². The molecule has 8 heteroatoms. The number of benzene rings is 1. The number of hydrogen-bond acceptors (Lipinski definition) is 4. The van der Waals surface area contributed by atoms with Gasteiger partial charge in [0.25, 0.3) is 0 Å². The van der Waals surface area contributed by atoms with Crippen LogP contribution in [-0.2, 0) is 16.4 Å². The predicted octanol–water partition coefficient (Wildman–Crippen LogP) is 2.80. The molecule has 0 fully saturated rings. The Labute approximate surface area is 182 Å². The van der Waals surface area contributed by atoms with E-state index in [0.717, 1.165) is 30.2 Å². The van der Waals surface area contributed by atoms with Crippen LogP contribution in [-0.4, -0.2) is 57.8 Å². The van der Waals surface area contributed by atoms with E-state index in [9.17, 15) is 8.42 Å². The number of halogens is 1. The zero-order valence-corrected chi connectivity index (χ0v) is 20.7. The lowest BCUT2D eigenvalue weighted by molar-refractivity contribution is 0.178. The van der Waals surface area contributed by atoms with Crippen molar-refractivity contribution in [3.63, 3.8) is 0 Å². The highest BCUT2D eigenvalue weighted by Gasteiger charge is 2.13. The lowest BCUT2D eigenvalue weighted by atomic mass is 10.1. The standard InChI is InChI=1S/C19H34N4O2S.HI/c1-14(2)23(15(3)4)11-10-21-19(20-6)22-13-17-8-9-18(16(5)12-17)26(7,24)25;/h8-9,12,14-15H,10-11,13H2,1-7H3,(H2,20,21,22);1H. The SMILES string of the molecule is CN=C(NCCN(C(C)C)C(C)C)NCc1ccc(S(C)(=O)=O)c(C)c1.I. The molecule has 6 nitrogen and oxygen atoms in total. The normalized spacial score (nSPS) is 12.4. The number of aryl methyl sites for hydroxylation is 1. The molecule has 0 aliphatic rings. The van der Waals surface area contributed by atoms with Gasteiger partial charge in [0.15, 0.2) is 15.8 Å². The van der Waals surface area contributed by atoms with Crippen molar-refractivity contribution >= 4 is 39.8 Å². The fourth-order valence-electron chi connectivity index (χ4n) is 3.06. The molecule has 0 aliphatic carbocycles. The van der Waals surface area contributed by atoms with Crippen molar-refractivity contribution in [2.45, 2.75) is 58.1 Å². The highest BCUT2D eigenvalue weighted by Crippen LogP contribution is 2.16. The first-order valence-electron chi connectivity index (χ1n) is 9.06. The molecule has 0 saturated heterocycles. The highest BCUT2D eigenvalue weighted by atomic mass is 127. The number of nitrogens with one attached hydrogen (secondary N) is 2. The van der Waals surface area contributed by atoms with E-state index < -0.39 is 9.84 Å². The Morgan fingerprint density at radius 3 is 2.19 bits per heavy atom. The Kier molecular flexibility index (Phi) is 11.5. The van der Waals surface area contributed by atoms with Crippen molar-refractivity contribution < 1.29 is 8.42 Å². The van der Waals surface area contributed by atoms with E-state index in [2.05, 4.69) is 48.2 Å². The molecule has 0 bridgehead atoms. The van der Waals surface area contributed by atoms with Gasteiger partial charge in [0.1, 0.15) is 0 Å². The minimum Gasteiger partial charge on any atom is -0.355 e. The summed E-state index contributed by atoms with van der Waals surface area (Å²) in [6, 6.07) is 6.41. The zero-order chi connectivity index (χ0) is 19.9. The van der Waals surface area contributed by atoms with Crippen molar-refractivity contribution in [2.75, 3.05) is 26.4 Å². The van der Waals surface area contributed by atoms with E-state index in [1.807, 2.05) is 19.1 Å². The Bertz CT molecular complexity index is 710. The van der Waals surface area contributed by atoms with Gasteiger partial charge in [0, 0.05) is 45.0 Å². The molecular weight excluding hydrogens is 475 g/mol.